The van der Waals surface area contributed by atoms with Gasteiger partial charge in [0.15, 0.2) is 5.78 Å². The summed E-state index contributed by atoms with van der Waals surface area (Å²) in [6.07, 6.45) is 1.36. The number of Topliss-reactive ketones (excluding diaryl/α,β-unsaturated/α-hetero) is 1. The van der Waals surface area contributed by atoms with Gasteiger partial charge in [0.05, 0.1) is 17.5 Å². The summed E-state index contributed by atoms with van der Waals surface area (Å²) in [4.78, 5) is 13.0. The third-order valence-electron chi connectivity index (χ3n) is 5.82. The number of anilines is 1. The summed E-state index contributed by atoms with van der Waals surface area (Å²) in [6.45, 7) is 2.08. The molecule has 34 heavy (non-hydrogen) atoms. The average molecular weight is 481 g/mol. The average Bonchev–Trinajstić information content (AvgIpc) is 3.20. The molecule has 0 spiro atoms. The minimum Gasteiger partial charge on any atom is -0.455 e. The summed E-state index contributed by atoms with van der Waals surface area (Å²) in [5.41, 5.74) is 9.78. The molecule has 6 nitrogen and oxygen atoms in total. The van der Waals surface area contributed by atoms with E-state index in [-0.39, 0.29) is 12.2 Å². The third-order valence-corrected chi connectivity index (χ3v) is 7.01. The Morgan fingerprint density at radius 1 is 1.06 bits per heavy atom. The summed E-state index contributed by atoms with van der Waals surface area (Å²) in [5.74, 6) is -0.214. The van der Waals surface area contributed by atoms with Crippen LogP contribution in [0.4, 0.5) is 10.1 Å². The zero-order valence-corrected chi connectivity index (χ0v) is 19.9. The second kappa shape index (κ2) is 9.04. The number of carbonyl (C=O) groups is 1. The van der Waals surface area contributed by atoms with Crippen molar-refractivity contribution in [2.24, 2.45) is 5.73 Å². The predicted molar refractivity (Wildman–Crippen MR) is 133 cm³/mol. The Bertz CT molecular complexity index is 1490. The van der Waals surface area contributed by atoms with Crippen LogP contribution >= 0.6 is 0 Å². The highest BCUT2D eigenvalue weighted by atomic mass is 32.2. The van der Waals surface area contributed by atoms with Gasteiger partial charge in [0.1, 0.15) is 17.2 Å². The van der Waals surface area contributed by atoms with Crippen molar-refractivity contribution in [2.45, 2.75) is 19.9 Å². The molecule has 0 fully saturated rings. The molecule has 0 atom stereocenters. The normalized spacial score (nSPS) is 11.7. The molecule has 2 N–H and O–H groups in total. The Balaban J connectivity index is 2.08. The lowest BCUT2D eigenvalue weighted by Gasteiger charge is -2.21. The smallest absolute Gasteiger partial charge is 0.232 e. The fraction of sp³-hybridized carbons (Fsp3) is 0.192. The van der Waals surface area contributed by atoms with Gasteiger partial charge >= 0.3 is 0 Å². The summed E-state index contributed by atoms with van der Waals surface area (Å²) >= 11 is 0. The van der Waals surface area contributed by atoms with E-state index in [9.17, 15) is 17.6 Å². The second-order valence-electron chi connectivity index (χ2n) is 8.09. The predicted octanol–water partition coefficient (Wildman–Crippen LogP) is 5.35. The quantitative estimate of drug-likeness (QED) is 0.360. The molecular formula is C26H25FN2O4S. The van der Waals surface area contributed by atoms with E-state index in [4.69, 9.17) is 10.2 Å². The van der Waals surface area contributed by atoms with Gasteiger partial charge in [-0.15, -0.1) is 0 Å². The number of nitrogens with zero attached hydrogens (tertiary/aromatic N) is 1. The molecule has 0 saturated carbocycles. The van der Waals surface area contributed by atoms with Gasteiger partial charge in [0.2, 0.25) is 10.0 Å². The van der Waals surface area contributed by atoms with Crippen LogP contribution in [0.2, 0.25) is 0 Å². The van der Waals surface area contributed by atoms with E-state index in [1.165, 1.54) is 23.5 Å². The zero-order chi connectivity index (χ0) is 24.6. The van der Waals surface area contributed by atoms with Gasteiger partial charge in [-0.25, -0.2) is 12.8 Å². The molecule has 0 aliphatic rings. The van der Waals surface area contributed by atoms with Gasteiger partial charge in [-0.05, 0) is 47.5 Å². The van der Waals surface area contributed by atoms with E-state index < -0.39 is 15.8 Å². The van der Waals surface area contributed by atoms with Gasteiger partial charge in [0, 0.05) is 42.6 Å². The van der Waals surface area contributed by atoms with E-state index in [1.54, 1.807) is 31.2 Å². The maximum Gasteiger partial charge on any atom is 0.232 e. The number of benzene rings is 3. The van der Waals surface area contributed by atoms with E-state index in [0.717, 1.165) is 17.4 Å². The molecular weight excluding hydrogens is 455 g/mol. The van der Waals surface area contributed by atoms with Crippen LogP contribution < -0.4 is 10.0 Å². The fourth-order valence-corrected chi connectivity index (χ4v) is 4.43. The number of ketones is 1. The summed E-state index contributed by atoms with van der Waals surface area (Å²) in [7, 11) is -2.13. The molecule has 8 heteroatoms. The zero-order valence-electron chi connectivity index (χ0n) is 19.1. The first-order valence-corrected chi connectivity index (χ1v) is 12.6. The first-order chi connectivity index (χ1) is 16.1. The lowest BCUT2D eigenvalue weighted by atomic mass is 9.96. The second-order valence-corrected chi connectivity index (χ2v) is 10.1. The van der Waals surface area contributed by atoms with Crippen molar-refractivity contribution in [2.75, 3.05) is 17.6 Å². The first-order valence-electron chi connectivity index (χ1n) is 10.8. The number of furan rings is 1. The number of hydrogen-bond acceptors (Lipinski definition) is 5. The Hall–Kier alpha value is -3.49. The Morgan fingerprint density at radius 2 is 1.76 bits per heavy atom. The molecule has 0 aliphatic heterocycles. The molecule has 176 valence electrons. The Kier molecular flexibility index (Phi) is 6.29. The van der Waals surface area contributed by atoms with E-state index >= 15 is 0 Å². The van der Waals surface area contributed by atoms with Crippen LogP contribution in [0.3, 0.4) is 0 Å². The SMILES string of the molecule is CCC(=O)c1c(-c2ccc(F)cc2)oc2cc(N(C)S(C)(=O)=O)c(-c3cccc(CN)c3)cc12. The van der Waals surface area contributed by atoms with Crippen LogP contribution in [0.25, 0.3) is 33.4 Å². The molecule has 0 unspecified atom stereocenters. The molecule has 0 radical (unpaired) electrons. The molecule has 1 aromatic heterocycles. The largest absolute Gasteiger partial charge is 0.455 e. The minimum atomic E-state index is -3.59. The number of fused-ring (bicyclic) bond motifs is 1. The summed E-state index contributed by atoms with van der Waals surface area (Å²) in [5, 5.41) is 0.560. The highest BCUT2D eigenvalue weighted by molar-refractivity contribution is 7.92. The van der Waals surface area contributed by atoms with Crippen molar-refractivity contribution >= 4 is 32.5 Å². The number of rotatable bonds is 7. The summed E-state index contributed by atoms with van der Waals surface area (Å²) < 4.78 is 45.7. The Morgan fingerprint density at radius 3 is 2.38 bits per heavy atom. The van der Waals surface area contributed by atoms with E-state index in [2.05, 4.69) is 0 Å². The monoisotopic (exact) mass is 480 g/mol. The topological polar surface area (TPSA) is 93.6 Å². The molecule has 0 saturated heterocycles. The van der Waals surface area contributed by atoms with Crippen LogP contribution in [0, 0.1) is 5.82 Å². The van der Waals surface area contributed by atoms with E-state index in [1.807, 2.05) is 24.3 Å². The van der Waals surface area contributed by atoms with Crippen LogP contribution in [0.5, 0.6) is 0 Å². The number of carbonyl (C=O) groups excluding carboxylic acids is 1. The number of hydrogen-bond donors (Lipinski definition) is 1. The summed E-state index contributed by atoms with van der Waals surface area (Å²) in [6, 6.07) is 16.6. The van der Waals surface area contributed by atoms with Crippen LogP contribution in [-0.2, 0) is 16.6 Å². The fourth-order valence-electron chi connectivity index (χ4n) is 3.93. The van der Waals surface area contributed by atoms with Crippen LogP contribution in [-0.4, -0.2) is 27.5 Å². The minimum absolute atomic E-state index is 0.135. The van der Waals surface area contributed by atoms with Crippen molar-refractivity contribution in [1.82, 2.24) is 0 Å². The van der Waals surface area contributed by atoms with Gasteiger partial charge in [-0.3, -0.25) is 9.10 Å². The number of sulfonamides is 1. The third kappa shape index (κ3) is 4.34. The highest BCUT2D eigenvalue weighted by Crippen LogP contribution is 2.41. The van der Waals surface area contributed by atoms with Crippen molar-refractivity contribution in [3.63, 3.8) is 0 Å². The Labute approximate surface area is 197 Å². The maximum atomic E-state index is 13.5. The van der Waals surface area contributed by atoms with Crippen LogP contribution in [0.1, 0.15) is 29.3 Å². The molecule has 4 aromatic rings. The number of halogens is 1. The molecule has 0 bridgehead atoms. The molecule has 4 rings (SSSR count). The lowest BCUT2D eigenvalue weighted by Crippen LogP contribution is -2.25. The molecule has 0 aliphatic carbocycles. The highest BCUT2D eigenvalue weighted by Gasteiger charge is 2.25. The van der Waals surface area contributed by atoms with Gasteiger partial charge in [-0.1, -0.05) is 25.1 Å². The first kappa shape index (κ1) is 23.7. The van der Waals surface area contributed by atoms with E-state index in [0.29, 0.717) is 45.7 Å². The maximum absolute atomic E-state index is 13.5. The molecule has 3 aromatic carbocycles. The number of nitrogens with two attached hydrogens (primary N) is 1. The lowest BCUT2D eigenvalue weighted by molar-refractivity contribution is 0.0989. The van der Waals surface area contributed by atoms with Gasteiger partial charge in [0.25, 0.3) is 0 Å². The van der Waals surface area contributed by atoms with Crippen molar-refractivity contribution in [3.8, 4) is 22.5 Å². The van der Waals surface area contributed by atoms with Crippen molar-refractivity contribution in [1.29, 1.82) is 0 Å². The standard InChI is InChI=1S/C26H25FN2O4S/c1-4-23(30)25-21-13-20(18-7-5-6-16(12-18)15-28)22(29(2)34(3,31)32)14-24(21)33-26(25)17-8-10-19(27)11-9-17/h5-14H,4,15,28H2,1-3H3. The van der Waals surface area contributed by atoms with Gasteiger partial charge in [-0.2, -0.15) is 0 Å². The van der Waals surface area contributed by atoms with Crippen molar-refractivity contribution < 1.29 is 22.0 Å². The molecule has 1 heterocycles. The van der Waals surface area contributed by atoms with Crippen LogP contribution in [0.15, 0.2) is 65.1 Å². The van der Waals surface area contributed by atoms with Crippen molar-refractivity contribution in [3.05, 3.63) is 77.6 Å². The molecule has 0 amide bonds. The van der Waals surface area contributed by atoms with Gasteiger partial charge < -0.3 is 10.2 Å².